The van der Waals surface area contributed by atoms with Crippen molar-refractivity contribution in [2.45, 2.75) is 82.5 Å². The number of urea groups is 1. The predicted octanol–water partition coefficient (Wildman–Crippen LogP) is 6.27. The van der Waals surface area contributed by atoms with E-state index in [-0.39, 0.29) is 36.9 Å². The van der Waals surface area contributed by atoms with Crippen LogP contribution in [0.25, 0.3) is 0 Å². The molecule has 13 heteroatoms. The van der Waals surface area contributed by atoms with E-state index in [1.807, 2.05) is 24.1 Å². The monoisotopic (exact) mass is 584 g/mol. The van der Waals surface area contributed by atoms with Crippen LogP contribution in [0.1, 0.15) is 79.5 Å². The van der Waals surface area contributed by atoms with Crippen molar-refractivity contribution in [3.8, 4) is 0 Å². The highest BCUT2D eigenvalue weighted by molar-refractivity contribution is 5.98. The Labute approximate surface area is 232 Å². The number of anilines is 1. The fourth-order valence-electron chi connectivity index (χ4n) is 5.02. The molecule has 3 N–H and O–H groups in total. The molecule has 1 heterocycles. The third-order valence-electron chi connectivity index (χ3n) is 7.57. The second-order valence-corrected chi connectivity index (χ2v) is 10.8. The topological polar surface area (TPSA) is 90.5 Å². The average Bonchev–Trinajstić information content (AvgIpc) is 3.58. The molecule has 1 aliphatic heterocycles. The molecular weight excluding hydrogens is 554 g/mol. The first kappa shape index (κ1) is 30.2. The zero-order valence-electron chi connectivity index (χ0n) is 22.5. The third kappa shape index (κ3) is 6.76. The molecule has 41 heavy (non-hydrogen) atoms. The number of halogens is 6. The van der Waals surface area contributed by atoms with E-state index in [0.717, 1.165) is 12.8 Å². The van der Waals surface area contributed by atoms with E-state index < -0.39 is 52.7 Å². The lowest BCUT2D eigenvalue weighted by atomic mass is 10.0. The summed E-state index contributed by atoms with van der Waals surface area (Å²) in [7, 11) is 0. The number of nitrogens with one attached hydrogen (secondary N) is 3. The van der Waals surface area contributed by atoms with Crippen LogP contribution in [-0.4, -0.2) is 40.4 Å². The maximum absolute atomic E-state index is 13.1. The minimum atomic E-state index is -5.07. The molecule has 4 amide bonds. The summed E-state index contributed by atoms with van der Waals surface area (Å²) in [6, 6.07) is 6.18. The van der Waals surface area contributed by atoms with E-state index in [4.69, 9.17) is 0 Å². The van der Waals surface area contributed by atoms with Gasteiger partial charge in [0, 0.05) is 23.3 Å². The van der Waals surface area contributed by atoms with Crippen molar-refractivity contribution in [1.29, 1.82) is 0 Å². The fraction of sp³-hybridized carbons (Fsp3) is 0.464. The summed E-state index contributed by atoms with van der Waals surface area (Å²) in [5.74, 6) is -0.624. The Balaban J connectivity index is 1.38. The van der Waals surface area contributed by atoms with Crippen LogP contribution < -0.4 is 16.0 Å². The Morgan fingerprint density at radius 1 is 0.878 bits per heavy atom. The minimum Gasteiger partial charge on any atom is -0.348 e. The van der Waals surface area contributed by atoms with Crippen molar-refractivity contribution in [2.24, 2.45) is 0 Å². The van der Waals surface area contributed by atoms with Crippen LogP contribution in [0.4, 0.5) is 36.8 Å². The van der Waals surface area contributed by atoms with Crippen LogP contribution in [0, 0.1) is 0 Å². The SMILES string of the molecule is CC1CCC(C)N1C(=O)c1ccc([C@@H](C)NC(=O)C2(NC(=O)Nc3cc(C(F)(F)F)cc(C(F)(F)F)c3)CC2)cc1. The first-order chi connectivity index (χ1) is 19.0. The van der Waals surface area contributed by atoms with Crippen LogP contribution in [0.15, 0.2) is 42.5 Å². The number of alkyl halides is 6. The van der Waals surface area contributed by atoms with E-state index in [1.54, 1.807) is 31.2 Å². The van der Waals surface area contributed by atoms with Gasteiger partial charge in [0.2, 0.25) is 5.91 Å². The van der Waals surface area contributed by atoms with Gasteiger partial charge in [-0.1, -0.05) is 12.1 Å². The molecule has 2 aromatic carbocycles. The van der Waals surface area contributed by atoms with E-state index >= 15 is 0 Å². The number of likely N-dealkylation sites (tertiary alicyclic amines) is 1. The molecule has 0 bridgehead atoms. The molecule has 2 aliphatic rings. The van der Waals surface area contributed by atoms with Crippen molar-refractivity contribution in [1.82, 2.24) is 15.5 Å². The lowest BCUT2D eigenvalue weighted by Gasteiger charge is -2.26. The summed E-state index contributed by atoms with van der Waals surface area (Å²) < 4.78 is 78.7. The van der Waals surface area contributed by atoms with Crippen molar-refractivity contribution in [3.05, 3.63) is 64.7 Å². The van der Waals surface area contributed by atoms with Gasteiger partial charge in [0.25, 0.3) is 5.91 Å². The fourth-order valence-corrected chi connectivity index (χ4v) is 5.02. The zero-order valence-corrected chi connectivity index (χ0v) is 22.5. The second kappa shape index (κ2) is 10.9. The number of benzene rings is 2. The predicted molar refractivity (Wildman–Crippen MR) is 138 cm³/mol. The number of nitrogens with zero attached hydrogens (tertiary/aromatic N) is 1. The van der Waals surface area contributed by atoms with Gasteiger partial charge in [0.1, 0.15) is 5.54 Å². The molecular formula is C28H30F6N4O3. The van der Waals surface area contributed by atoms with Gasteiger partial charge >= 0.3 is 18.4 Å². The highest BCUT2D eigenvalue weighted by Gasteiger charge is 2.51. The van der Waals surface area contributed by atoms with E-state index in [2.05, 4.69) is 10.6 Å². The minimum absolute atomic E-state index is 0.0454. The summed E-state index contributed by atoms with van der Waals surface area (Å²) in [5.41, 5.74) is -4.01. The molecule has 0 aromatic heterocycles. The highest BCUT2D eigenvalue weighted by atomic mass is 19.4. The number of carbonyl (C=O) groups excluding carboxylic acids is 3. The van der Waals surface area contributed by atoms with Crippen molar-refractivity contribution >= 4 is 23.5 Å². The Bertz CT molecular complexity index is 1280. The summed E-state index contributed by atoms with van der Waals surface area (Å²) in [6.45, 7) is 5.72. The third-order valence-corrected chi connectivity index (χ3v) is 7.57. The van der Waals surface area contributed by atoms with Gasteiger partial charge in [-0.05, 0) is 82.3 Å². The Morgan fingerprint density at radius 2 is 1.39 bits per heavy atom. The lowest BCUT2D eigenvalue weighted by molar-refractivity contribution is -0.143. The normalized spacial score (nSPS) is 20.8. The van der Waals surface area contributed by atoms with Crippen molar-refractivity contribution in [3.63, 3.8) is 0 Å². The van der Waals surface area contributed by atoms with Gasteiger partial charge in [0.05, 0.1) is 17.2 Å². The van der Waals surface area contributed by atoms with Gasteiger partial charge in [0.15, 0.2) is 0 Å². The second-order valence-electron chi connectivity index (χ2n) is 10.8. The number of carbonyl (C=O) groups is 3. The summed E-state index contributed by atoms with van der Waals surface area (Å²) in [4.78, 5) is 40.3. The lowest BCUT2D eigenvalue weighted by Crippen LogP contribution is -2.50. The Hall–Kier alpha value is -3.77. The highest BCUT2D eigenvalue weighted by Crippen LogP contribution is 2.39. The summed E-state index contributed by atoms with van der Waals surface area (Å²) in [6.07, 6.45) is -7.80. The zero-order chi connectivity index (χ0) is 30.3. The molecule has 1 aliphatic carbocycles. The van der Waals surface area contributed by atoms with Gasteiger partial charge in [-0.3, -0.25) is 9.59 Å². The molecule has 0 radical (unpaired) electrons. The molecule has 3 atom stereocenters. The van der Waals surface area contributed by atoms with Crippen molar-refractivity contribution < 1.29 is 40.7 Å². The van der Waals surface area contributed by atoms with Gasteiger partial charge < -0.3 is 20.9 Å². The Morgan fingerprint density at radius 3 is 1.85 bits per heavy atom. The largest absolute Gasteiger partial charge is 0.416 e. The van der Waals surface area contributed by atoms with Gasteiger partial charge in [-0.25, -0.2) is 4.79 Å². The average molecular weight is 585 g/mol. The van der Waals surface area contributed by atoms with Crippen LogP contribution in [-0.2, 0) is 17.1 Å². The van der Waals surface area contributed by atoms with Gasteiger partial charge in [-0.2, -0.15) is 26.3 Å². The maximum Gasteiger partial charge on any atom is 0.416 e. The molecule has 222 valence electrons. The summed E-state index contributed by atoms with van der Waals surface area (Å²) >= 11 is 0. The van der Waals surface area contributed by atoms with Crippen molar-refractivity contribution in [2.75, 3.05) is 5.32 Å². The molecule has 4 rings (SSSR count). The van der Waals surface area contributed by atoms with E-state index in [9.17, 15) is 40.7 Å². The van der Waals surface area contributed by atoms with E-state index in [1.165, 1.54) is 0 Å². The standard InChI is InChI=1S/C28H30F6N4O3/c1-15-4-5-16(2)38(15)23(39)19-8-6-18(7-9-19)17(3)35-24(40)26(10-11-26)37-25(41)36-22-13-20(27(29,30)31)12-21(14-22)28(32,33)34/h6-9,12-17H,4-5,10-11H2,1-3H3,(H,35,40)(H2,36,37,41)/t15?,16?,17-/m1/s1. The van der Waals surface area contributed by atoms with Crippen LogP contribution >= 0.6 is 0 Å². The van der Waals surface area contributed by atoms with Gasteiger partial charge in [-0.15, -0.1) is 0 Å². The van der Waals surface area contributed by atoms with Crippen LogP contribution in [0.5, 0.6) is 0 Å². The summed E-state index contributed by atoms with van der Waals surface area (Å²) in [5, 5.41) is 7.13. The molecule has 7 nitrogen and oxygen atoms in total. The molecule has 2 fully saturated rings. The van der Waals surface area contributed by atoms with E-state index in [0.29, 0.717) is 23.3 Å². The van der Waals surface area contributed by atoms with Crippen LogP contribution in [0.2, 0.25) is 0 Å². The number of amides is 4. The molecule has 1 saturated heterocycles. The molecule has 1 saturated carbocycles. The number of rotatable bonds is 6. The van der Waals surface area contributed by atoms with Crippen LogP contribution in [0.3, 0.4) is 0 Å². The smallest absolute Gasteiger partial charge is 0.348 e. The molecule has 2 unspecified atom stereocenters. The molecule has 2 aromatic rings. The molecule has 0 spiro atoms. The first-order valence-electron chi connectivity index (χ1n) is 13.1. The Kier molecular flexibility index (Phi) is 8.03. The first-order valence-corrected chi connectivity index (χ1v) is 13.1. The quantitative estimate of drug-likeness (QED) is 0.350. The maximum atomic E-state index is 13.1. The number of hydrogen-bond acceptors (Lipinski definition) is 3. The number of hydrogen-bond donors (Lipinski definition) is 3.